The van der Waals surface area contributed by atoms with Crippen LogP contribution in [0.4, 0.5) is 11.5 Å². The minimum atomic E-state index is 0.237. The van der Waals surface area contributed by atoms with E-state index in [9.17, 15) is 0 Å². The summed E-state index contributed by atoms with van der Waals surface area (Å²) in [6.45, 7) is 0. The molecular weight excluding hydrogens is 302 g/mol. The Labute approximate surface area is 132 Å². The number of pyridine rings is 2. The third kappa shape index (κ3) is 2.96. The van der Waals surface area contributed by atoms with E-state index in [0.717, 1.165) is 11.3 Å². The molecule has 0 bridgehead atoms. The van der Waals surface area contributed by atoms with Crippen LogP contribution in [-0.4, -0.2) is 27.0 Å². The van der Waals surface area contributed by atoms with Crippen LogP contribution in [0.2, 0.25) is 5.15 Å². The van der Waals surface area contributed by atoms with Crippen molar-refractivity contribution >= 4 is 23.1 Å². The maximum Gasteiger partial charge on any atom is 0.199 e. The van der Waals surface area contributed by atoms with Crippen molar-refractivity contribution < 1.29 is 4.74 Å². The molecule has 0 spiro atoms. The normalized spacial score (nSPS) is 10.3. The molecular formula is C15H12ClN5O. The van der Waals surface area contributed by atoms with Gasteiger partial charge in [-0.05, 0) is 24.3 Å². The zero-order valence-corrected chi connectivity index (χ0v) is 12.4. The molecule has 22 heavy (non-hydrogen) atoms. The molecule has 3 heterocycles. The number of anilines is 2. The maximum absolute atomic E-state index is 6.21. The smallest absolute Gasteiger partial charge is 0.199 e. The van der Waals surface area contributed by atoms with Crippen LogP contribution in [0, 0.1) is 0 Å². The van der Waals surface area contributed by atoms with Gasteiger partial charge in [-0.1, -0.05) is 11.6 Å². The molecule has 0 saturated carbocycles. The van der Waals surface area contributed by atoms with Crippen molar-refractivity contribution in [1.82, 2.24) is 19.9 Å². The third-order valence-corrected chi connectivity index (χ3v) is 3.17. The van der Waals surface area contributed by atoms with Gasteiger partial charge in [0.05, 0.1) is 7.11 Å². The standard InChI is InChI=1S/C15H12ClN5O/c1-22-12-13(16)20-14(10-2-6-17-7-3-10)21-15(12)19-11-4-8-18-9-5-11/h2-9H,1H3,(H,18,19,20,21). The van der Waals surface area contributed by atoms with Crippen LogP contribution in [0.15, 0.2) is 49.1 Å². The summed E-state index contributed by atoms with van der Waals surface area (Å²) in [6, 6.07) is 7.27. The van der Waals surface area contributed by atoms with Gasteiger partial charge < -0.3 is 10.1 Å². The Morgan fingerprint density at radius 1 is 0.955 bits per heavy atom. The zero-order chi connectivity index (χ0) is 15.4. The highest BCUT2D eigenvalue weighted by molar-refractivity contribution is 6.31. The lowest BCUT2D eigenvalue weighted by Crippen LogP contribution is -2.02. The number of halogens is 1. The Morgan fingerprint density at radius 3 is 2.23 bits per heavy atom. The SMILES string of the molecule is COc1c(Cl)nc(-c2ccncc2)nc1Nc1ccncc1. The topological polar surface area (TPSA) is 72.8 Å². The third-order valence-electron chi connectivity index (χ3n) is 2.91. The van der Waals surface area contributed by atoms with Crippen molar-refractivity contribution in [2.45, 2.75) is 0 Å². The molecule has 0 aliphatic heterocycles. The molecule has 3 aromatic heterocycles. The summed E-state index contributed by atoms with van der Waals surface area (Å²) < 4.78 is 5.29. The predicted molar refractivity (Wildman–Crippen MR) is 84.3 cm³/mol. The second-order valence-corrected chi connectivity index (χ2v) is 4.67. The van der Waals surface area contributed by atoms with Crippen LogP contribution in [0.5, 0.6) is 5.75 Å². The highest BCUT2D eigenvalue weighted by atomic mass is 35.5. The van der Waals surface area contributed by atoms with Crippen LogP contribution in [0.3, 0.4) is 0 Å². The molecule has 7 heteroatoms. The van der Waals surface area contributed by atoms with Gasteiger partial charge in [-0.3, -0.25) is 9.97 Å². The molecule has 0 fully saturated rings. The Balaban J connectivity index is 2.05. The summed E-state index contributed by atoms with van der Waals surface area (Å²) in [4.78, 5) is 16.7. The van der Waals surface area contributed by atoms with Crippen molar-refractivity contribution in [1.29, 1.82) is 0 Å². The number of ether oxygens (including phenoxy) is 1. The first-order valence-corrected chi connectivity index (χ1v) is 6.84. The van der Waals surface area contributed by atoms with Crippen molar-refractivity contribution in [3.05, 3.63) is 54.2 Å². The molecule has 3 rings (SSSR count). The summed E-state index contributed by atoms with van der Waals surface area (Å²) in [5.41, 5.74) is 1.64. The van der Waals surface area contributed by atoms with E-state index >= 15 is 0 Å². The van der Waals surface area contributed by atoms with Crippen LogP contribution in [0.1, 0.15) is 0 Å². The highest BCUT2D eigenvalue weighted by Crippen LogP contribution is 2.33. The molecule has 110 valence electrons. The quantitative estimate of drug-likeness (QED) is 0.745. The highest BCUT2D eigenvalue weighted by Gasteiger charge is 2.15. The lowest BCUT2D eigenvalue weighted by atomic mass is 10.2. The summed E-state index contributed by atoms with van der Waals surface area (Å²) in [7, 11) is 1.52. The minimum absolute atomic E-state index is 0.237. The molecule has 0 aromatic carbocycles. The van der Waals surface area contributed by atoms with Gasteiger partial charge in [0.1, 0.15) is 0 Å². The fourth-order valence-corrected chi connectivity index (χ4v) is 2.14. The van der Waals surface area contributed by atoms with Crippen molar-refractivity contribution in [3.8, 4) is 17.1 Å². The van der Waals surface area contributed by atoms with E-state index in [4.69, 9.17) is 16.3 Å². The Bertz CT molecular complexity index is 768. The van der Waals surface area contributed by atoms with Gasteiger partial charge in [0.25, 0.3) is 0 Å². The van der Waals surface area contributed by atoms with E-state index in [1.807, 2.05) is 24.3 Å². The van der Waals surface area contributed by atoms with Gasteiger partial charge in [0, 0.05) is 36.0 Å². The van der Waals surface area contributed by atoms with Gasteiger partial charge in [-0.2, -0.15) is 0 Å². The first-order valence-electron chi connectivity index (χ1n) is 6.47. The van der Waals surface area contributed by atoms with Crippen molar-refractivity contribution in [2.24, 2.45) is 0 Å². The van der Waals surface area contributed by atoms with E-state index in [1.54, 1.807) is 24.8 Å². The summed E-state index contributed by atoms with van der Waals surface area (Å²) in [6.07, 6.45) is 6.71. The summed E-state index contributed by atoms with van der Waals surface area (Å²) in [5.74, 6) is 1.36. The van der Waals surface area contributed by atoms with Gasteiger partial charge in [-0.15, -0.1) is 0 Å². The average molecular weight is 314 g/mol. The van der Waals surface area contributed by atoms with E-state index < -0.39 is 0 Å². The molecule has 3 aromatic rings. The zero-order valence-electron chi connectivity index (χ0n) is 11.7. The molecule has 0 aliphatic carbocycles. The van der Waals surface area contributed by atoms with E-state index in [2.05, 4.69) is 25.3 Å². The molecule has 0 aliphatic rings. The Hall–Kier alpha value is -2.73. The number of hydrogen-bond acceptors (Lipinski definition) is 6. The average Bonchev–Trinajstić information content (AvgIpc) is 2.56. The number of nitrogens with one attached hydrogen (secondary N) is 1. The minimum Gasteiger partial charge on any atom is -0.490 e. The largest absolute Gasteiger partial charge is 0.490 e. The van der Waals surface area contributed by atoms with Gasteiger partial charge in [-0.25, -0.2) is 9.97 Å². The van der Waals surface area contributed by atoms with Gasteiger partial charge in [0.15, 0.2) is 22.5 Å². The maximum atomic E-state index is 6.21. The molecule has 0 saturated heterocycles. The first-order chi connectivity index (χ1) is 10.8. The molecule has 0 atom stereocenters. The summed E-state index contributed by atoms with van der Waals surface area (Å²) >= 11 is 6.21. The fraction of sp³-hybridized carbons (Fsp3) is 0.0667. The lowest BCUT2D eigenvalue weighted by Gasteiger charge is -2.12. The Morgan fingerprint density at radius 2 is 1.59 bits per heavy atom. The van der Waals surface area contributed by atoms with Crippen molar-refractivity contribution in [3.63, 3.8) is 0 Å². The fourth-order valence-electron chi connectivity index (χ4n) is 1.89. The number of aromatic nitrogens is 4. The Kier molecular flexibility index (Phi) is 4.11. The molecule has 0 amide bonds. The molecule has 0 radical (unpaired) electrons. The van der Waals surface area contributed by atoms with E-state index in [0.29, 0.717) is 17.4 Å². The number of methoxy groups -OCH3 is 1. The van der Waals surface area contributed by atoms with E-state index in [1.165, 1.54) is 7.11 Å². The van der Waals surface area contributed by atoms with Crippen LogP contribution >= 0.6 is 11.6 Å². The lowest BCUT2D eigenvalue weighted by molar-refractivity contribution is 0.413. The van der Waals surface area contributed by atoms with Crippen LogP contribution in [0.25, 0.3) is 11.4 Å². The van der Waals surface area contributed by atoms with E-state index in [-0.39, 0.29) is 5.15 Å². The second kappa shape index (κ2) is 6.36. The molecule has 0 unspecified atom stereocenters. The number of hydrogen-bond donors (Lipinski definition) is 1. The predicted octanol–water partition coefficient (Wildman–Crippen LogP) is 3.34. The van der Waals surface area contributed by atoms with Crippen molar-refractivity contribution in [2.75, 3.05) is 12.4 Å². The monoisotopic (exact) mass is 313 g/mol. The van der Waals surface area contributed by atoms with Gasteiger partial charge >= 0.3 is 0 Å². The van der Waals surface area contributed by atoms with Crippen LogP contribution in [-0.2, 0) is 0 Å². The van der Waals surface area contributed by atoms with Gasteiger partial charge in [0.2, 0.25) is 0 Å². The molecule has 6 nitrogen and oxygen atoms in total. The first kappa shape index (κ1) is 14.2. The summed E-state index contributed by atoms with van der Waals surface area (Å²) in [5, 5.41) is 3.40. The number of nitrogens with zero attached hydrogens (tertiary/aromatic N) is 4. The second-order valence-electron chi connectivity index (χ2n) is 4.32. The molecule has 1 N–H and O–H groups in total. The van der Waals surface area contributed by atoms with Crippen LogP contribution < -0.4 is 10.1 Å². The number of rotatable bonds is 4.